The van der Waals surface area contributed by atoms with Crippen molar-refractivity contribution in [1.82, 2.24) is 0 Å². The van der Waals surface area contributed by atoms with Gasteiger partial charge in [0, 0.05) is 10.6 Å². The first-order chi connectivity index (χ1) is 7.07. The minimum absolute atomic E-state index is 0.226. The predicted molar refractivity (Wildman–Crippen MR) is 62.5 cm³/mol. The second kappa shape index (κ2) is 3.69. The lowest BCUT2D eigenvalue weighted by atomic mass is 9.72. The van der Waals surface area contributed by atoms with Gasteiger partial charge in [-0.15, -0.1) is 0 Å². The van der Waals surface area contributed by atoms with Crippen LogP contribution in [0.1, 0.15) is 30.4 Å². The molecule has 1 aromatic carbocycles. The molecule has 2 rings (SSSR count). The van der Waals surface area contributed by atoms with Gasteiger partial charge in [0.2, 0.25) is 0 Å². The van der Waals surface area contributed by atoms with E-state index in [-0.39, 0.29) is 5.54 Å². The van der Waals surface area contributed by atoms with Crippen molar-refractivity contribution in [2.24, 2.45) is 5.73 Å². The zero-order chi connectivity index (χ0) is 11.1. The van der Waals surface area contributed by atoms with E-state index in [0.717, 1.165) is 34.7 Å². The molecule has 1 aliphatic carbocycles. The SMILES string of the molecule is COc1cc(C)c(Cl)c(C2(N)CCC2)c1. The molecule has 1 saturated carbocycles. The third-order valence-electron chi connectivity index (χ3n) is 3.25. The summed E-state index contributed by atoms with van der Waals surface area (Å²) in [6, 6.07) is 3.91. The van der Waals surface area contributed by atoms with Gasteiger partial charge in [-0.25, -0.2) is 0 Å². The Hall–Kier alpha value is -0.730. The van der Waals surface area contributed by atoms with E-state index in [4.69, 9.17) is 22.1 Å². The minimum atomic E-state index is -0.226. The number of halogens is 1. The van der Waals surface area contributed by atoms with Crippen LogP contribution in [0.3, 0.4) is 0 Å². The van der Waals surface area contributed by atoms with Crippen molar-refractivity contribution in [3.63, 3.8) is 0 Å². The van der Waals surface area contributed by atoms with Crippen LogP contribution in [-0.4, -0.2) is 7.11 Å². The molecule has 0 spiro atoms. The summed E-state index contributed by atoms with van der Waals surface area (Å²) in [5.41, 5.74) is 8.12. The fraction of sp³-hybridized carbons (Fsp3) is 0.500. The average Bonchev–Trinajstić information content (AvgIpc) is 2.18. The Labute approximate surface area is 95.4 Å². The Morgan fingerprint density at radius 2 is 2.07 bits per heavy atom. The molecule has 0 heterocycles. The Morgan fingerprint density at radius 1 is 1.40 bits per heavy atom. The van der Waals surface area contributed by atoms with Crippen LogP contribution in [0.4, 0.5) is 0 Å². The Kier molecular flexibility index (Phi) is 2.65. The molecule has 3 heteroatoms. The fourth-order valence-electron chi connectivity index (χ4n) is 2.04. The van der Waals surface area contributed by atoms with Crippen LogP contribution in [0.25, 0.3) is 0 Å². The van der Waals surface area contributed by atoms with Gasteiger partial charge < -0.3 is 10.5 Å². The molecule has 15 heavy (non-hydrogen) atoms. The fourth-order valence-corrected chi connectivity index (χ4v) is 2.34. The van der Waals surface area contributed by atoms with Crippen molar-refractivity contribution in [3.05, 3.63) is 28.3 Å². The lowest BCUT2D eigenvalue weighted by Gasteiger charge is -2.39. The van der Waals surface area contributed by atoms with E-state index in [9.17, 15) is 0 Å². The quantitative estimate of drug-likeness (QED) is 0.840. The van der Waals surface area contributed by atoms with E-state index in [1.807, 2.05) is 19.1 Å². The number of aryl methyl sites for hydroxylation is 1. The van der Waals surface area contributed by atoms with Gasteiger partial charge in [-0.2, -0.15) is 0 Å². The maximum atomic E-state index is 6.28. The number of methoxy groups -OCH3 is 1. The number of benzene rings is 1. The molecule has 0 radical (unpaired) electrons. The predicted octanol–water partition coefficient (Wildman–Crippen LogP) is 2.99. The van der Waals surface area contributed by atoms with Crippen LogP contribution >= 0.6 is 11.6 Å². The van der Waals surface area contributed by atoms with Crippen LogP contribution in [0.15, 0.2) is 12.1 Å². The highest BCUT2D eigenvalue weighted by molar-refractivity contribution is 6.32. The van der Waals surface area contributed by atoms with Gasteiger partial charge in [-0.1, -0.05) is 11.6 Å². The molecule has 0 aromatic heterocycles. The van der Waals surface area contributed by atoms with Crippen molar-refractivity contribution in [3.8, 4) is 5.75 Å². The summed E-state index contributed by atoms with van der Waals surface area (Å²) in [7, 11) is 1.66. The number of ether oxygens (including phenoxy) is 1. The summed E-state index contributed by atoms with van der Waals surface area (Å²) in [4.78, 5) is 0. The summed E-state index contributed by atoms with van der Waals surface area (Å²) >= 11 is 6.28. The number of nitrogens with two attached hydrogens (primary N) is 1. The lowest BCUT2D eigenvalue weighted by molar-refractivity contribution is 0.252. The molecule has 0 aliphatic heterocycles. The van der Waals surface area contributed by atoms with Gasteiger partial charge in [-0.05, 0) is 49.4 Å². The first kappa shape index (κ1) is 10.8. The van der Waals surface area contributed by atoms with Gasteiger partial charge in [0.05, 0.1) is 7.11 Å². The van der Waals surface area contributed by atoms with Crippen molar-refractivity contribution >= 4 is 11.6 Å². The summed E-state index contributed by atoms with van der Waals surface area (Å²) in [6.45, 7) is 1.98. The number of rotatable bonds is 2. The monoisotopic (exact) mass is 225 g/mol. The maximum absolute atomic E-state index is 6.28. The molecule has 1 fully saturated rings. The van der Waals surface area contributed by atoms with Gasteiger partial charge >= 0.3 is 0 Å². The molecule has 0 saturated heterocycles. The normalized spacial score (nSPS) is 18.4. The van der Waals surface area contributed by atoms with Crippen molar-refractivity contribution in [1.29, 1.82) is 0 Å². The Morgan fingerprint density at radius 3 is 2.53 bits per heavy atom. The molecule has 0 unspecified atom stereocenters. The Bertz CT molecular complexity index is 385. The summed E-state index contributed by atoms with van der Waals surface area (Å²) < 4.78 is 5.24. The molecular weight excluding hydrogens is 210 g/mol. The number of hydrogen-bond donors (Lipinski definition) is 1. The largest absolute Gasteiger partial charge is 0.497 e. The van der Waals surface area contributed by atoms with Gasteiger partial charge in [-0.3, -0.25) is 0 Å². The van der Waals surface area contributed by atoms with E-state index >= 15 is 0 Å². The van der Waals surface area contributed by atoms with E-state index in [1.54, 1.807) is 7.11 Å². The summed E-state index contributed by atoms with van der Waals surface area (Å²) in [5, 5.41) is 0.790. The smallest absolute Gasteiger partial charge is 0.119 e. The van der Waals surface area contributed by atoms with Crippen LogP contribution < -0.4 is 10.5 Å². The summed E-state index contributed by atoms with van der Waals surface area (Å²) in [6.07, 6.45) is 3.21. The molecule has 2 N–H and O–H groups in total. The maximum Gasteiger partial charge on any atom is 0.119 e. The van der Waals surface area contributed by atoms with E-state index in [0.29, 0.717) is 0 Å². The van der Waals surface area contributed by atoms with Crippen LogP contribution in [-0.2, 0) is 5.54 Å². The molecule has 2 nitrogen and oxygen atoms in total. The van der Waals surface area contributed by atoms with Crippen molar-refractivity contribution in [2.45, 2.75) is 31.7 Å². The van der Waals surface area contributed by atoms with Crippen molar-refractivity contribution < 1.29 is 4.74 Å². The van der Waals surface area contributed by atoms with E-state index < -0.39 is 0 Å². The number of hydrogen-bond acceptors (Lipinski definition) is 2. The molecule has 82 valence electrons. The van der Waals surface area contributed by atoms with Crippen LogP contribution in [0.2, 0.25) is 5.02 Å². The van der Waals surface area contributed by atoms with Gasteiger partial charge in [0.25, 0.3) is 0 Å². The van der Waals surface area contributed by atoms with E-state index in [1.165, 1.54) is 6.42 Å². The van der Waals surface area contributed by atoms with Gasteiger partial charge in [0.1, 0.15) is 5.75 Å². The van der Waals surface area contributed by atoms with E-state index in [2.05, 4.69) is 0 Å². The summed E-state index contributed by atoms with van der Waals surface area (Å²) in [5.74, 6) is 0.837. The highest BCUT2D eigenvalue weighted by Gasteiger charge is 2.36. The first-order valence-corrected chi connectivity index (χ1v) is 5.58. The average molecular weight is 226 g/mol. The standard InChI is InChI=1S/C12H16ClNO/c1-8-6-9(15-2)7-10(11(8)13)12(14)4-3-5-12/h6-7H,3-5,14H2,1-2H3. The third kappa shape index (κ3) is 1.72. The Balaban J connectivity index is 2.49. The van der Waals surface area contributed by atoms with Crippen molar-refractivity contribution in [2.75, 3.05) is 7.11 Å². The highest BCUT2D eigenvalue weighted by Crippen LogP contribution is 2.43. The lowest BCUT2D eigenvalue weighted by Crippen LogP contribution is -2.43. The molecule has 0 amide bonds. The molecule has 0 bridgehead atoms. The second-order valence-corrected chi connectivity index (χ2v) is 4.69. The topological polar surface area (TPSA) is 35.2 Å². The second-order valence-electron chi connectivity index (χ2n) is 4.32. The van der Waals surface area contributed by atoms with Gasteiger partial charge in [0.15, 0.2) is 0 Å². The van der Waals surface area contributed by atoms with Crippen LogP contribution in [0, 0.1) is 6.92 Å². The zero-order valence-electron chi connectivity index (χ0n) is 9.14. The molecule has 1 aliphatic rings. The van der Waals surface area contributed by atoms with Crippen LogP contribution in [0.5, 0.6) is 5.75 Å². The molecule has 0 atom stereocenters. The minimum Gasteiger partial charge on any atom is -0.497 e. The molecular formula is C12H16ClNO. The molecule has 1 aromatic rings. The third-order valence-corrected chi connectivity index (χ3v) is 3.75. The highest BCUT2D eigenvalue weighted by atomic mass is 35.5. The zero-order valence-corrected chi connectivity index (χ0v) is 9.90. The first-order valence-electron chi connectivity index (χ1n) is 5.20.